The first-order valence-corrected chi connectivity index (χ1v) is 8.70. The van der Waals surface area contributed by atoms with Crippen molar-refractivity contribution in [2.75, 3.05) is 33.4 Å². The van der Waals surface area contributed by atoms with Crippen LogP contribution in [0.15, 0.2) is 36.4 Å². The number of fused-ring (bicyclic) bond motifs is 1. The van der Waals surface area contributed by atoms with Gasteiger partial charge in [-0.25, -0.2) is 13.9 Å². The first-order valence-electron chi connectivity index (χ1n) is 8.70. The SMILES string of the molecule is COc1ccc2nc(-c3ccc(F)cc3)c(CC(=O)N3CCOCC3)n2n1. The topological polar surface area (TPSA) is 69.0 Å². The number of methoxy groups -OCH3 is 1. The van der Waals surface area contributed by atoms with Gasteiger partial charge in [0.25, 0.3) is 0 Å². The number of imidazole rings is 1. The third-order valence-corrected chi connectivity index (χ3v) is 4.56. The van der Waals surface area contributed by atoms with Gasteiger partial charge in [-0.3, -0.25) is 4.79 Å². The number of carbonyl (C=O) groups excluding carboxylic acids is 1. The molecule has 3 aromatic rings. The Morgan fingerprint density at radius 3 is 2.63 bits per heavy atom. The van der Waals surface area contributed by atoms with Gasteiger partial charge in [-0.1, -0.05) is 0 Å². The maximum absolute atomic E-state index is 13.3. The van der Waals surface area contributed by atoms with E-state index in [4.69, 9.17) is 9.47 Å². The number of aromatic nitrogens is 3. The lowest BCUT2D eigenvalue weighted by Crippen LogP contribution is -2.41. The Bertz CT molecular complexity index is 965. The Labute approximate surface area is 155 Å². The van der Waals surface area contributed by atoms with Crippen molar-refractivity contribution < 1.29 is 18.7 Å². The largest absolute Gasteiger partial charge is 0.480 e. The third-order valence-electron chi connectivity index (χ3n) is 4.56. The van der Waals surface area contributed by atoms with Crippen molar-refractivity contribution in [3.63, 3.8) is 0 Å². The van der Waals surface area contributed by atoms with E-state index in [1.807, 2.05) is 0 Å². The number of morpholine rings is 1. The number of halogens is 1. The average molecular weight is 370 g/mol. The van der Waals surface area contributed by atoms with Gasteiger partial charge in [0.15, 0.2) is 5.65 Å². The average Bonchev–Trinajstić information content (AvgIpc) is 3.06. The molecule has 1 aliphatic heterocycles. The number of carbonyl (C=O) groups is 1. The van der Waals surface area contributed by atoms with E-state index in [0.29, 0.717) is 49.2 Å². The number of ether oxygens (including phenoxy) is 2. The summed E-state index contributed by atoms with van der Waals surface area (Å²) < 4.78 is 25.5. The summed E-state index contributed by atoms with van der Waals surface area (Å²) in [6.45, 7) is 2.21. The summed E-state index contributed by atoms with van der Waals surface area (Å²) in [5.74, 6) is 0.0759. The molecule has 0 aliphatic carbocycles. The standard InChI is InChI=1S/C19H19FN4O3/c1-26-17-7-6-16-21-19(13-2-4-14(20)5-3-13)15(24(16)22-17)12-18(25)23-8-10-27-11-9-23/h2-7H,8-12H2,1H3. The minimum atomic E-state index is -0.326. The fourth-order valence-corrected chi connectivity index (χ4v) is 3.14. The van der Waals surface area contributed by atoms with E-state index in [0.717, 1.165) is 5.56 Å². The molecule has 27 heavy (non-hydrogen) atoms. The summed E-state index contributed by atoms with van der Waals surface area (Å²) >= 11 is 0. The highest BCUT2D eigenvalue weighted by atomic mass is 19.1. The summed E-state index contributed by atoms with van der Waals surface area (Å²) in [5, 5.41) is 4.42. The van der Waals surface area contributed by atoms with E-state index in [-0.39, 0.29) is 18.1 Å². The first kappa shape index (κ1) is 17.4. The van der Waals surface area contributed by atoms with Crippen molar-refractivity contribution in [1.29, 1.82) is 0 Å². The molecule has 0 atom stereocenters. The minimum absolute atomic E-state index is 0.0203. The molecular weight excluding hydrogens is 351 g/mol. The van der Waals surface area contributed by atoms with Crippen molar-refractivity contribution in [2.45, 2.75) is 6.42 Å². The Hall–Kier alpha value is -3.00. The van der Waals surface area contributed by atoms with E-state index >= 15 is 0 Å². The summed E-state index contributed by atoms with van der Waals surface area (Å²) in [7, 11) is 1.53. The third kappa shape index (κ3) is 3.48. The summed E-state index contributed by atoms with van der Waals surface area (Å²) in [6.07, 6.45) is 0.133. The molecule has 4 rings (SSSR count). The monoisotopic (exact) mass is 370 g/mol. The van der Waals surface area contributed by atoms with Gasteiger partial charge in [0, 0.05) is 24.7 Å². The van der Waals surface area contributed by atoms with Crippen LogP contribution in [-0.2, 0) is 16.0 Å². The first-order chi connectivity index (χ1) is 13.2. The molecule has 0 N–H and O–H groups in total. The molecule has 8 heteroatoms. The van der Waals surface area contributed by atoms with E-state index in [1.54, 1.807) is 33.7 Å². The van der Waals surface area contributed by atoms with E-state index < -0.39 is 0 Å². The second-order valence-corrected chi connectivity index (χ2v) is 6.23. The second kappa shape index (κ2) is 7.32. The van der Waals surface area contributed by atoms with Crippen LogP contribution < -0.4 is 4.74 Å². The second-order valence-electron chi connectivity index (χ2n) is 6.23. The molecule has 1 amide bonds. The smallest absolute Gasteiger partial charge is 0.231 e. The van der Waals surface area contributed by atoms with Gasteiger partial charge < -0.3 is 14.4 Å². The molecule has 7 nitrogen and oxygen atoms in total. The number of nitrogens with zero attached hydrogens (tertiary/aromatic N) is 4. The van der Waals surface area contributed by atoms with Gasteiger partial charge in [0.1, 0.15) is 5.82 Å². The van der Waals surface area contributed by atoms with Crippen LogP contribution in [0, 0.1) is 5.82 Å². The highest BCUT2D eigenvalue weighted by Crippen LogP contribution is 2.26. The maximum atomic E-state index is 13.3. The Morgan fingerprint density at radius 1 is 1.19 bits per heavy atom. The van der Waals surface area contributed by atoms with E-state index in [2.05, 4.69) is 10.1 Å². The molecule has 2 aromatic heterocycles. The normalized spacial score (nSPS) is 14.5. The predicted molar refractivity (Wildman–Crippen MR) is 96.0 cm³/mol. The van der Waals surface area contributed by atoms with Crippen LogP contribution in [-0.4, -0.2) is 58.8 Å². The molecule has 0 bridgehead atoms. The zero-order valence-electron chi connectivity index (χ0n) is 14.9. The van der Waals surface area contributed by atoms with Crippen LogP contribution in [0.5, 0.6) is 5.88 Å². The van der Waals surface area contributed by atoms with Crippen molar-refractivity contribution >= 4 is 11.6 Å². The number of hydrogen-bond acceptors (Lipinski definition) is 5. The zero-order chi connectivity index (χ0) is 18.8. The van der Waals surface area contributed by atoms with Crippen LogP contribution in [0.1, 0.15) is 5.69 Å². The van der Waals surface area contributed by atoms with Gasteiger partial charge in [-0.2, -0.15) is 0 Å². The van der Waals surface area contributed by atoms with Crippen molar-refractivity contribution in [2.24, 2.45) is 0 Å². The van der Waals surface area contributed by atoms with E-state index in [9.17, 15) is 9.18 Å². The lowest BCUT2D eigenvalue weighted by molar-refractivity contribution is -0.134. The van der Waals surface area contributed by atoms with Gasteiger partial charge in [0.2, 0.25) is 11.8 Å². The summed E-state index contributed by atoms with van der Waals surface area (Å²) in [5.41, 5.74) is 2.58. The lowest BCUT2D eigenvalue weighted by atomic mass is 10.1. The molecular formula is C19H19FN4O3. The van der Waals surface area contributed by atoms with Crippen LogP contribution in [0.3, 0.4) is 0 Å². The highest BCUT2D eigenvalue weighted by Gasteiger charge is 2.23. The fraction of sp³-hybridized carbons (Fsp3) is 0.316. The molecule has 0 radical (unpaired) electrons. The minimum Gasteiger partial charge on any atom is -0.480 e. The molecule has 1 aliphatic rings. The van der Waals surface area contributed by atoms with Crippen LogP contribution >= 0.6 is 0 Å². The van der Waals surface area contributed by atoms with Gasteiger partial charge >= 0.3 is 0 Å². The Morgan fingerprint density at radius 2 is 1.93 bits per heavy atom. The molecule has 3 heterocycles. The zero-order valence-corrected chi connectivity index (χ0v) is 14.9. The Kier molecular flexibility index (Phi) is 4.72. The number of hydrogen-bond donors (Lipinski definition) is 0. The number of amides is 1. The van der Waals surface area contributed by atoms with Gasteiger partial charge in [-0.05, 0) is 30.3 Å². The Balaban J connectivity index is 1.78. The quantitative estimate of drug-likeness (QED) is 0.702. The summed E-state index contributed by atoms with van der Waals surface area (Å²) in [4.78, 5) is 19.2. The van der Waals surface area contributed by atoms with Gasteiger partial charge in [-0.15, -0.1) is 5.10 Å². The van der Waals surface area contributed by atoms with Crippen LogP contribution in [0.25, 0.3) is 16.9 Å². The number of rotatable bonds is 4. The number of benzene rings is 1. The molecule has 0 unspecified atom stereocenters. The van der Waals surface area contributed by atoms with Crippen LogP contribution in [0.2, 0.25) is 0 Å². The molecule has 140 valence electrons. The van der Waals surface area contributed by atoms with Crippen molar-refractivity contribution in [1.82, 2.24) is 19.5 Å². The maximum Gasteiger partial charge on any atom is 0.231 e. The predicted octanol–water partition coefficient (Wildman–Crippen LogP) is 1.95. The fourth-order valence-electron chi connectivity index (χ4n) is 3.14. The molecule has 1 aromatic carbocycles. The highest BCUT2D eigenvalue weighted by molar-refractivity contribution is 5.81. The van der Waals surface area contributed by atoms with Crippen LogP contribution in [0.4, 0.5) is 4.39 Å². The lowest BCUT2D eigenvalue weighted by Gasteiger charge is -2.26. The van der Waals surface area contributed by atoms with Crippen molar-refractivity contribution in [3.8, 4) is 17.1 Å². The van der Waals surface area contributed by atoms with Crippen molar-refractivity contribution in [3.05, 3.63) is 47.9 Å². The molecule has 1 saturated heterocycles. The molecule has 0 spiro atoms. The summed E-state index contributed by atoms with van der Waals surface area (Å²) in [6, 6.07) is 9.54. The van der Waals surface area contributed by atoms with Gasteiger partial charge in [0.05, 0.1) is 38.1 Å². The van der Waals surface area contributed by atoms with E-state index in [1.165, 1.54) is 19.2 Å². The molecule has 1 fully saturated rings. The molecule has 0 saturated carbocycles.